The predicted molar refractivity (Wildman–Crippen MR) is 134 cm³/mol. The van der Waals surface area contributed by atoms with E-state index >= 15 is 0 Å². The maximum absolute atomic E-state index is 13.2. The van der Waals surface area contributed by atoms with Crippen molar-refractivity contribution in [3.8, 4) is 11.5 Å². The number of hydrogen-bond acceptors (Lipinski definition) is 5. The van der Waals surface area contributed by atoms with Gasteiger partial charge in [0.1, 0.15) is 0 Å². The minimum absolute atomic E-state index is 0.00958. The van der Waals surface area contributed by atoms with Gasteiger partial charge in [-0.1, -0.05) is 30.3 Å². The number of amides is 2. The van der Waals surface area contributed by atoms with Crippen LogP contribution in [0.15, 0.2) is 48.5 Å². The smallest absolute Gasteiger partial charge is 0.260 e. The monoisotopic (exact) mass is 480 g/mol. The zero-order valence-electron chi connectivity index (χ0n) is 20.6. The van der Waals surface area contributed by atoms with Gasteiger partial charge in [-0.2, -0.15) is 0 Å². The van der Waals surface area contributed by atoms with Gasteiger partial charge in [-0.3, -0.25) is 9.59 Å². The summed E-state index contributed by atoms with van der Waals surface area (Å²) in [5.41, 5.74) is 1.72. The zero-order chi connectivity index (χ0) is 24.5. The van der Waals surface area contributed by atoms with Gasteiger partial charge in [-0.15, -0.1) is 0 Å². The standard InChI is InChI=1S/C28H36N2O5/c1-2-33-26-19-23(11-12-25(26)35-21-27(31)29-15-7-4-8-16-29)28(32)30-17-13-24(14-18-30)34-20-22-9-5-3-6-10-22/h3,5-6,9-12,19,24H,2,4,7-8,13-18,20-21H2,1H3. The quantitative estimate of drug-likeness (QED) is 0.535. The molecule has 0 bridgehead atoms. The minimum Gasteiger partial charge on any atom is -0.490 e. The second kappa shape index (κ2) is 12.6. The van der Waals surface area contributed by atoms with E-state index in [0.717, 1.165) is 44.3 Å². The molecular formula is C28H36N2O5. The third-order valence-corrected chi connectivity index (χ3v) is 6.61. The van der Waals surface area contributed by atoms with Crippen LogP contribution in [-0.2, 0) is 16.1 Å². The highest BCUT2D eigenvalue weighted by atomic mass is 16.5. The molecule has 0 saturated carbocycles. The molecule has 2 fully saturated rings. The molecule has 2 saturated heterocycles. The minimum atomic E-state index is -0.0246. The summed E-state index contributed by atoms with van der Waals surface area (Å²) in [6, 6.07) is 15.4. The molecular weight excluding hydrogens is 444 g/mol. The third kappa shape index (κ3) is 6.98. The highest BCUT2D eigenvalue weighted by Crippen LogP contribution is 2.30. The number of likely N-dealkylation sites (tertiary alicyclic amines) is 2. The predicted octanol–water partition coefficient (Wildman–Crippen LogP) is 4.30. The van der Waals surface area contributed by atoms with Crippen molar-refractivity contribution in [3.63, 3.8) is 0 Å². The van der Waals surface area contributed by atoms with Gasteiger partial charge in [-0.05, 0) is 62.8 Å². The molecule has 2 heterocycles. The third-order valence-electron chi connectivity index (χ3n) is 6.61. The molecule has 0 atom stereocenters. The van der Waals surface area contributed by atoms with Crippen molar-refractivity contribution >= 4 is 11.8 Å². The van der Waals surface area contributed by atoms with Crippen LogP contribution in [0.2, 0.25) is 0 Å². The Morgan fingerprint density at radius 3 is 2.31 bits per heavy atom. The second-order valence-electron chi connectivity index (χ2n) is 9.11. The average molecular weight is 481 g/mol. The molecule has 0 radical (unpaired) electrons. The number of nitrogens with zero attached hydrogens (tertiary/aromatic N) is 2. The van der Waals surface area contributed by atoms with Gasteiger partial charge in [0.05, 0.1) is 19.3 Å². The van der Waals surface area contributed by atoms with E-state index in [4.69, 9.17) is 14.2 Å². The first-order valence-corrected chi connectivity index (χ1v) is 12.8. The van der Waals surface area contributed by atoms with Crippen molar-refractivity contribution in [2.75, 3.05) is 39.4 Å². The summed E-state index contributed by atoms with van der Waals surface area (Å²) >= 11 is 0. The van der Waals surface area contributed by atoms with E-state index in [1.165, 1.54) is 6.42 Å². The fraction of sp³-hybridized carbons (Fsp3) is 0.500. The number of benzene rings is 2. The van der Waals surface area contributed by atoms with Gasteiger partial charge < -0.3 is 24.0 Å². The Bertz CT molecular complexity index is 967. The Morgan fingerprint density at radius 2 is 1.60 bits per heavy atom. The molecule has 188 valence electrons. The Morgan fingerprint density at radius 1 is 0.857 bits per heavy atom. The van der Waals surface area contributed by atoms with Gasteiger partial charge in [0.2, 0.25) is 0 Å². The first kappa shape index (κ1) is 25.0. The van der Waals surface area contributed by atoms with Crippen molar-refractivity contribution in [2.45, 2.75) is 51.7 Å². The molecule has 2 aliphatic rings. The molecule has 0 unspecified atom stereocenters. The first-order valence-electron chi connectivity index (χ1n) is 12.8. The lowest BCUT2D eigenvalue weighted by Gasteiger charge is -2.32. The molecule has 4 rings (SSSR count). The van der Waals surface area contributed by atoms with Crippen molar-refractivity contribution < 1.29 is 23.8 Å². The molecule has 7 heteroatoms. The number of carbonyl (C=O) groups excluding carboxylic acids is 2. The van der Waals surface area contributed by atoms with E-state index in [1.807, 2.05) is 34.9 Å². The Labute approximate surface area is 207 Å². The van der Waals surface area contributed by atoms with Gasteiger partial charge in [0, 0.05) is 31.7 Å². The summed E-state index contributed by atoms with van der Waals surface area (Å²) in [6.45, 7) is 5.80. The Hall–Kier alpha value is -3.06. The van der Waals surface area contributed by atoms with Crippen LogP contribution in [0.25, 0.3) is 0 Å². The van der Waals surface area contributed by atoms with Crippen molar-refractivity contribution in [3.05, 3.63) is 59.7 Å². The summed E-state index contributed by atoms with van der Waals surface area (Å²) in [5, 5.41) is 0. The topological polar surface area (TPSA) is 68.3 Å². The fourth-order valence-electron chi connectivity index (χ4n) is 4.60. The summed E-state index contributed by atoms with van der Waals surface area (Å²) in [6.07, 6.45) is 5.05. The number of carbonyl (C=O) groups is 2. The summed E-state index contributed by atoms with van der Waals surface area (Å²) < 4.78 is 17.6. The van der Waals surface area contributed by atoms with Crippen LogP contribution in [0.4, 0.5) is 0 Å². The van der Waals surface area contributed by atoms with E-state index < -0.39 is 0 Å². The highest BCUT2D eigenvalue weighted by Gasteiger charge is 2.25. The molecule has 35 heavy (non-hydrogen) atoms. The number of piperidine rings is 2. The largest absolute Gasteiger partial charge is 0.490 e. The molecule has 2 aromatic carbocycles. The number of ether oxygens (including phenoxy) is 3. The summed E-state index contributed by atoms with van der Waals surface area (Å²) in [4.78, 5) is 29.3. The summed E-state index contributed by atoms with van der Waals surface area (Å²) in [5.74, 6) is 0.945. The summed E-state index contributed by atoms with van der Waals surface area (Å²) in [7, 11) is 0. The Balaban J connectivity index is 1.30. The fourth-order valence-corrected chi connectivity index (χ4v) is 4.60. The molecule has 0 spiro atoms. The van der Waals surface area contributed by atoms with E-state index in [9.17, 15) is 9.59 Å². The maximum Gasteiger partial charge on any atom is 0.260 e. The number of hydrogen-bond donors (Lipinski definition) is 0. The molecule has 0 aliphatic carbocycles. The van der Waals surface area contributed by atoms with E-state index in [1.54, 1.807) is 18.2 Å². The highest BCUT2D eigenvalue weighted by molar-refractivity contribution is 5.95. The first-order chi connectivity index (χ1) is 17.1. The lowest BCUT2D eigenvalue weighted by molar-refractivity contribution is -0.134. The van der Waals surface area contributed by atoms with Crippen molar-refractivity contribution in [1.82, 2.24) is 9.80 Å². The molecule has 0 N–H and O–H groups in total. The van der Waals surface area contributed by atoms with Crippen LogP contribution in [-0.4, -0.2) is 67.1 Å². The maximum atomic E-state index is 13.2. The van der Waals surface area contributed by atoms with E-state index in [2.05, 4.69) is 12.1 Å². The molecule has 2 amide bonds. The lowest BCUT2D eigenvalue weighted by atomic mass is 10.1. The van der Waals surface area contributed by atoms with E-state index in [0.29, 0.717) is 43.4 Å². The van der Waals surface area contributed by atoms with Crippen LogP contribution >= 0.6 is 0 Å². The van der Waals surface area contributed by atoms with Crippen LogP contribution in [0, 0.1) is 0 Å². The SMILES string of the molecule is CCOc1cc(C(=O)N2CCC(OCc3ccccc3)CC2)ccc1OCC(=O)N1CCCCC1. The van der Waals surface area contributed by atoms with E-state index in [-0.39, 0.29) is 24.5 Å². The van der Waals surface area contributed by atoms with Gasteiger partial charge in [-0.25, -0.2) is 0 Å². The molecule has 0 aromatic heterocycles. The molecule has 2 aromatic rings. The number of rotatable bonds is 9. The lowest BCUT2D eigenvalue weighted by Crippen LogP contribution is -2.40. The zero-order valence-corrected chi connectivity index (χ0v) is 20.6. The van der Waals surface area contributed by atoms with Gasteiger partial charge in [0.25, 0.3) is 11.8 Å². The normalized spacial score (nSPS) is 16.7. The molecule has 7 nitrogen and oxygen atoms in total. The van der Waals surface area contributed by atoms with Crippen LogP contribution < -0.4 is 9.47 Å². The van der Waals surface area contributed by atoms with Gasteiger partial charge >= 0.3 is 0 Å². The van der Waals surface area contributed by atoms with Crippen LogP contribution in [0.3, 0.4) is 0 Å². The Kier molecular flexibility index (Phi) is 9.01. The van der Waals surface area contributed by atoms with Crippen LogP contribution in [0.5, 0.6) is 11.5 Å². The van der Waals surface area contributed by atoms with Crippen molar-refractivity contribution in [2.24, 2.45) is 0 Å². The van der Waals surface area contributed by atoms with Crippen molar-refractivity contribution in [1.29, 1.82) is 0 Å². The molecule has 2 aliphatic heterocycles. The second-order valence-corrected chi connectivity index (χ2v) is 9.11. The average Bonchev–Trinajstić information content (AvgIpc) is 2.92. The van der Waals surface area contributed by atoms with Crippen LogP contribution in [0.1, 0.15) is 54.9 Å². The van der Waals surface area contributed by atoms with Gasteiger partial charge in [0.15, 0.2) is 18.1 Å².